The van der Waals surface area contributed by atoms with E-state index in [1.165, 1.54) is 12.1 Å². The number of nitrogens with one attached hydrogen (secondary N) is 2. The van der Waals surface area contributed by atoms with Gasteiger partial charge >= 0.3 is 0 Å². The molecule has 2 N–H and O–H groups in total. The molecule has 1 saturated heterocycles. The van der Waals surface area contributed by atoms with Crippen LogP contribution in [0.5, 0.6) is 0 Å². The van der Waals surface area contributed by atoms with Gasteiger partial charge in [-0.05, 0) is 19.0 Å². The normalized spacial score (nSPS) is 19.4. The van der Waals surface area contributed by atoms with Gasteiger partial charge in [0.25, 0.3) is 5.69 Å². The number of nitro benzene ring substituents is 1. The number of H-pyrrole nitrogens is 1. The average molecular weight is 264 g/mol. The van der Waals surface area contributed by atoms with Gasteiger partial charge in [0.1, 0.15) is 0 Å². The van der Waals surface area contributed by atoms with Crippen LogP contribution in [0.25, 0.3) is 11.0 Å². The fourth-order valence-corrected chi connectivity index (χ4v) is 3.10. The Kier molecular flexibility index (Phi) is 2.92. The van der Waals surface area contributed by atoms with E-state index in [4.69, 9.17) is 0 Å². The van der Waals surface area contributed by atoms with Crippen LogP contribution in [0.4, 0.5) is 5.69 Å². The lowest BCUT2D eigenvalue weighted by molar-refractivity contribution is -0.384. The van der Waals surface area contributed by atoms with Gasteiger partial charge in [0.2, 0.25) is 0 Å². The van der Waals surface area contributed by atoms with E-state index in [0.717, 1.165) is 35.7 Å². The predicted molar refractivity (Wildman–Crippen MR) is 69.9 cm³/mol. The summed E-state index contributed by atoms with van der Waals surface area (Å²) in [5.41, 5.74) is 1.58. The maximum Gasteiger partial charge on any atom is 0.271 e. The third-order valence-corrected chi connectivity index (χ3v) is 4.10. The van der Waals surface area contributed by atoms with Gasteiger partial charge in [-0.2, -0.15) is 0 Å². The van der Waals surface area contributed by atoms with E-state index >= 15 is 0 Å². The molecule has 1 aromatic heterocycles. The summed E-state index contributed by atoms with van der Waals surface area (Å²) in [6.07, 6.45) is 1.13. The quantitative estimate of drug-likeness (QED) is 0.653. The minimum atomic E-state index is -0.395. The van der Waals surface area contributed by atoms with Crippen LogP contribution in [0, 0.1) is 10.1 Å². The zero-order valence-electron chi connectivity index (χ0n) is 9.55. The van der Waals surface area contributed by atoms with Crippen LogP contribution in [-0.2, 0) is 0 Å². The second kappa shape index (κ2) is 4.58. The first-order chi connectivity index (χ1) is 8.72. The van der Waals surface area contributed by atoms with Crippen LogP contribution in [0.15, 0.2) is 23.4 Å². The second-order valence-corrected chi connectivity index (χ2v) is 5.52. The molecule has 2 heterocycles. The number of hydrogen-bond acceptors (Lipinski definition) is 5. The van der Waals surface area contributed by atoms with E-state index in [-0.39, 0.29) is 5.69 Å². The van der Waals surface area contributed by atoms with Gasteiger partial charge in [-0.15, -0.1) is 0 Å². The molecule has 7 heteroatoms. The average Bonchev–Trinajstić information content (AvgIpc) is 2.96. The van der Waals surface area contributed by atoms with Crippen molar-refractivity contribution < 1.29 is 4.92 Å². The first kappa shape index (κ1) is 11.5. The van der Waals surface area contributed by atoms with Crippen molar-refractivity contribution in [3.05, 3.63) is 28.3 Å². The third-order valence-electron chi connectivity index (χ3n) is 2.95. The van der Waals surface area contributed by atoms with Crippen molar-refractivity contribution in [3.8, 4) is 0 Å². The summed E-state index contributed by atoms with van der Waals surface area (Å²) in [6.45, 7) is 2.03. The first-order valence-electron chi connectivity index (χ1n) is 5.74. The van der Waals surface area contributed by atoms with Gasteiger partial charge in [-0.25, -0.2) is 4.98 Å². The molecule has 0 unspecified atom stereocenters. The molecule has 0 amide bonds. The van der Waals surface area contributed by atoms with Crippen LogP contribution in [0.3, 0.4) is 0 Å². The Balaban J connectivity index is 1.87. The minimum absolute atomic E-state index is 0.0882. The van der Waals surface area contributed by atoms with Crippen molar-refractivity contribution >= 4 is 28.5 Å². The number of nitro groups is 1. The van der Waals surface area contributed by atoms with Crippen molar-refractivity contribution in [1.29, 1.82) is 0 Å². The summed E-state index contributed by atoms with van der Waals surface area (Å²) in [5, 5.41) is 15.3. The Morgan fingerprint density at radius 3 is 3.11 bits per heavy atom. The summed E-state index contributed by atoms with van der Waals surface area (Å²) < 4.78 is 0. The number of thioether (sulfide) groups is 1. The molecule has 0 spiro atoms. The van der Waals surface area contributed by atoms with E-state index in [1.54, 1.807) is 17.8 Å². The van der Waals surface area contributed by atoms with Crippen LogP contribution in [0.1, 0.15) is 6.42 Å². The molecule has 0 radical (unpaired) electrons. The summed E-state index contributed by atoms with van der Waals surface area (Å²) >= 11 is 1.69. The number of imidazole rings is 1. The summed E-state index contributed by atoms with van der Waals surface area (Å²) in [6, 6.07) is 4.69. The van der Waals surface area contributed by atoms with Crippen molar-refractivity contribution in [2.75, 3.05) is 13.1 Å². The highest BCUT2D eigenvalue weighted by Gasteiger charge is 2.18. The van der Waals surface area contributed by atoms with Gasteiger partial charge in [0, 0.05) is 23.9 Å². The highest BCUT2D eigenvalue weighted by atomic mass is 32.2. The van der Waals surface area contributed by atoms with Crippen LogP contribution >= 0.6 is 11.8 Å². The minimum Gasteiger partial charge on any atom is -0.333 e. The molecule has 3 rings (SSSR count). The summed E-state index contributed by atoms with van der Waals surface area (Å²) in [5.74, 6) is 0. The fourth-order valence-electron chi connectivity index (χ4n) is 2.03. The molecular formula is C11H12N4O2S. The summed E-state index contributed by atoms with van der Waals surface area (Å²) in [7, 11) is 0. The van der Waals surface area contributed by atoms with Crippen LogP contribution < -0.4 is 5.32 Å². The van der Waals surface area contributed by atoms with Crippen LogP contribution in [0.2, 0.25) is 0 Å². The van der Waals surface area contributed by atoms with Gasteiger partial charge in [0.15, 0.2) is 5.16 Å². The number of hydrogen-bond donors (Lipinski definition) is 2. The zero-order valence-corrected chi connectivity index (χ0v) is 10.4. The molecule has 18 heavy (non-hydrogen) atoms. The lowest BCUT2D eigenvalue weighted by atomic mass is 10.3. The maximum absolute atomic E-state index is 10.7. The van der Waals surface area contributed by atoms with Crippen molar-refractivity contribution in [2.24, 2.45) is 0 Å². The lowest BCUT2D eigenvalue weighted by Crippen LogP contribution is -2.10. The SMILES string of the molecule is O=[N+]([O-])c1ccc2nc(S[C@H]3CCNC3)[nH]c2c1. The monoisotopic (exact) mass is 264 g/mol. The first-order valence-corrected chi connectivity index (χ1v) is 6.62. The third kappa shape index (κ3) is 2.19. The van der Waals surface area contributed by atoms with Gasteiger partial charge in [-0.3, -0.25) is 10.1 Å². The number of aromatic amines is 1. The number of fused-ring (bicyclic) bond motifs is 1. The molecule has 0 bridgehead atoms. The molecule has 2 aromatic rings. The van der Waals surface area contributed by atoms with E-state index in [9.17, 15) is 10.1 Å². The van der Waals surface area contributed by atoms with Gasteiger partial charge in [0.05, 0.1) is 16.0 Å². The predicted octanol–water partition coefficient (Wildman–Crippen LogP) is 1.93. The highest BCUT2D eigenvalue weighted by molar-refractivity contribution is 7.99. The number of aromatic nitrogens is 2. The standard InChI is InChI=1S/C11H12N4O2S/c16-15(17)7-1-2-9-10(5-7)14-11(13-9)18-8-3-4-12-6-8/h1-2,5,8,12H,3-4,6H2,(H,13,14)/t8-/m0/s1. The van der Waals surface area contributed by atoms with E-state index in [2.05, 4.69) is 15.3 Å². The Hall–Kier alpha value is -1.60. The Bertz CT molecular complexity index is 592. The van der Waals surface area contributed by atoms with Crippen molar-refractivity contribution in [3.63, 3.8) is 0 Å². The number of non-ortho nitro benzene ring substituents is 1. The molecule has 1 aliphatic heterocycles. The second-order valence-electron chi connectivity index (χ2n) is 4.23. The molecule has 1 fully saturated rings. The molecule has 0 aliphatic carbocycles. The molecule has 1 aliphatic rings. The number of benzene rings is 1. The maximum atomic E-state index is 10.7. The number of nitrogens with zero attached hydrogens (tertiary/aromatic N) is 2. The van der Waals surface area contributed by atoms with Crippen molar-refractivity contribution in [1.82, 2.24) is 15.3 Å². The highest BCUT2D eigenvalue weighted by Crippen LogP contribution is 2.27. The molecule has 94 valence electrons. The van der Waals surface area contributed by atoms with Gasteiger partial charge < -0.3 is 10.3 Å². The topological polar surface area (TPSA) is 83.8 Å². The van der Waals surface area contributed by atoms with Crippen LogP contribution in [-0.4, -0.2) is 33.2 Å². The Labute approximate surface area is 107 Å². The number of rotatable bonds is 3. The Morgan fingerprint density at radius 2 is 2.39 bits per heavy atom. The molecule has 6 nitrogen and oxygen atoms in total. The zero-order chi connectivity index (χ0) is 12.5. The smallest absolute Gasteiger partial charge is 0.271 e. The van der Waals surface area contributed by atoms with E-state index in [0.29, 0.717) is 5.25 Å². The fraction of sp³-hybridized carbons (Fsp3) is 0.364. The molecular weight excluding hydrogens is 252 g/mol. The van der Waals surface area contributed by atoms with E-state index in [1.807, 2.05) is 0 Å². The molecule has 1 aromatic carbocycles. The largest absolute Gasteiger partial charge is 0.333 e. The van der Waals surface area contributed by atoms with Gasteiger partial charge in [-0.1, -0.05) is 11.8 Å². The Morgan fingerprint density at radius 1 is 1.50 bits per heavy atom. The van der Waals surface area contributed by atoms with E-state index < -0.39 is 4.92 Å². The summed E-state index contributed by atoms with van der Waals surface area (Å²) in [4.78, 5) is 17.9. The molecule has 1 atom stereocenters. The van der Waals surface area contributed by atoms with Crippen molar-refractivity contribution in [2.45, 2.75) is 16.8 Å². The lowest BCUT2D eigenvalue weighted by Gasteiger charge is -2.03. The molecule has 0 saturated carbocycles.